The van der Waals surface area contributed by atoms with Gasteiger partial charge < -0.3 is 10.4 Å². The lowest BCUT2D eigenvalue weighted by Gasteiger charge is -2.18. The van der Waals surface area contributed by atoms with Crippen LogP contribution in [-0.4, -0.2) is 17.1 Å². The van der Waals surface area contributed by atoms with Crippen LogP contribution in [0.1, 0.15) is 44.3 Å². The third-order valence-corrected chi connectivity index (χ3v) is 4.93. The molecule has 3 nitrogen and oxygen atoms in total. The molecule has 2 saturated carbocycles. The van der Waals surface area contributed by atoms with Gasteiger partial charge in [-0.1, -0.05) is 18.6 Å². The summed E-state index contributed by atoms with van der Waals surface area (Å²) in [7, 11) is 0. The summed E-state index contributed by atoms with van der Waals surface area (Å²) < 4.78 is 12.9. The van der Waals surface area contributed by atoms with E-state index >= 15 is 0 Å². The molecule has 3 rings (SSSR count). The van der Waals surface area contributed by atoms with Gasteiger partial charge in [-0.25, -0.2) is 4.39 Å². The first-order chi connectivity index (χ1) is 10.1. The molecule has 1 aromatic rings. The van der Waals surface area contributed by atoms with Crippen LogP contribution in [0.4, 0.5) is 4.39 Å². The van der Waals surface area contributed by atoms with Crippen molar-refractivity contribution in [3.63, 3.8) is 0 Å². The van der Waals surface area contributed by atoms with E-state index in [1.807, 2.05) is 6.92 Å². The second-order valence-electron chi connectivity index (χ2n) is 6.50. The zero-order valence-corrected chi connectivity index (χ0v) is 12.3. The van der Waals surface area contributed by atoms with Crippen LogP contribution < -0.4 is 5.32 Å². The van der Waals surface area contributed by atoms with Crippen LogP contribution in [0, 0.1) is 23.6 Å². The number of benzene rings is 1. The van der Waals surface area contributed by atoms with Crippen LogP contribution in [0.3, 0.4) is 0 Å². The highest BCUT2D eigenvalue weighted by molar-refractivity contribution is 5.82. The van der Waals surface area contributed by atoms with E-state index in [9.17, 15) is 14.3 Å². The largest absolute Gasteiger partial charge is 0.388 e. The molecule has 1 aromatic carbocycles. The zero-order chi connectivity index (χ0) is 15.0. The highest BCUT2D eigenvalue weighted by Crippen LogP contribution is 2.57. The summed E-state index contributed by atoms with van der Waals surface area (Å²) in [6.45, 7) is 1.91. The van der Waals surface area contributed by atoms with E-state index in [2.05, 4.69) is 5.32 Å². The first-order valence-electron chi connectivity index (χ1n) is 7.80. The highest BCUT2D eigenvalue weighted by Gasteiger charge is 2.56. The third-order valence-electron chi connectivity index (χ3n) is 4.93. The molecule has 0 spiro atoms. The molecular formula is C17H22FNO2. The summed E-state index contributed by atoms with van der Waals surface area (Å²) in [5.74, 6) is 1.26. The number of amides is 1. The number of halogens is 1. The SMILES string of the molecule is CC(CC(O)c1ccc(F)cc1)NC(=O)C1C2CCCC21. The Balaban J connectivity index is 1.48. The quantitative estimate of drug-likeness (QED) is 0.876. The molecular weight excluding hydrogens is 269 g/mol. The van der Waals surface area contributed by atoms with Gasteiger partial charge in [-0.15, -0.1) is 0 Å². The van der Waals surface area contributed by atoms with Crippen molar-refractivity contribution in [3.05, 3.63) is 35.6 Å². The summed E-state index contributed by atoms with van der Waals surface area (Å²) in [6.07, 6.45) is 3.40. The molecule has 2 aliphatic carbocycles. The number of nitrogens with one attached hydrogen (secondary N) is 1. The molecule has 21 heavy (non-hydrogen) atoms. The molecule has 4 unspecified atom stereocenters. The molecule has 114 valence electrons. The van der Waals surface area contributed by atoms with Gasteiger partial charge in [-0.05, 0) is 55.7 Å². The van der Waals surface area contributed by atoms with Crippen molar-refractivity contribution >= 4 is 5.91 Å². The van der Waals surface area contributed by atoms with Crippen molar-refractivity contribution in [1.82, 2.24) is 5.32 Å². The Morgan fingerprint density at radius 1 is 1.33 bits per heavy atom. The molecule has 2 fully saturated rings. The normalized spacial score (nSPS) is 29.6. The minimum Gasteiger partial charge on any atom is -0.388 e. The van der Waals surface area contributed by atoms with E-state index < -0.39 is 6.10 Å². The van der Waals surface area contributed by atoms with Crippen LogP contribution in [0.15, 0.2) is 24.3 Å². The Kier molecular flexibility index (Phi) is 3.98. The molecule has 2 aliphatic rings. The Hall–Kier alpha value is -1.42. The van der Waals surface area contributed by atoms with Gasteiger partial charge in [0.1, 0.15) is 5.82 Å². The lowest BCUT2D eigenvalue weighted by Crippen LogP contribution is -2.35. The number of aliphatic hydroxyl groups excluding tert-OH is 1. The summed E-state index contributed by atoms with van der Waals surface area (Å²) in [5.41, 5.74) is 0.681. The number of aliphatic hydroxyl groups is 1. The Labute approximate surface area is 124 Å². The Morgan fingerprint density at radius 3 is 2.57 bits per heavy atom. The van der Waals surface area contributed by atoms with Gasteiger partial charge in [-0.3, -0.25) is 4.79 Å². The maximum Gasteiger partial charge on any atom is 0.223 e. The van der Waals surface area contributed by atoms with E-state index in [-0.39, 0.29) is 23.7 Å². The van der Waals surface area contributed by atoms with Crippen molar-refractivity contribution in [2.45, 2.75) is 44.8 Å². The average Bonchev–Trinajstić information content (AvgIpc) is 2.93. The van der Waals surface area contributed by atoms with Crippen LogP contribution in [-0.2, 0) is 4.79 Å². The molecule has 2 N–H and O–H groups in total. The maximum absolute atomic E-state index is 12.9. The molecule has 0 heterocycles. The molecule has 0 bridgehead atoms. The molecule has 0 aromatic heterocycles. The maximum atomic E-state index is 12.9. The van der Waals surface area contributed by atoms with Gasteiger partial charge in [-0.2, -0.15) is 0 Å². The molecule has 0 saturated heterocycles. The number of carbonyl (C=O) groups excluding carboxylic acids is 1. The number of rotatable bonds is 5. The fraction of sp³-hybridized carbons (Fsp3) is 0.588. The number of hydrogen-bond acceptors (Lipinski definition) is 2. The van der Waals surface area contributed by atoms with Crippen molar-refractivity contribution in [2.75, 3.05) is 0 Å². The molecule has 4 atom stereocenters. The van der Waals surface area contributed by atoms with Crippen LogP contribution >= 0.6 is 0 Å². The second-order valence-corrected chi connectivity index (χ2v) is 6.50. The molecule has 0 radical (unpaired) electrons. The summed E-state index contributed by atoms with van der Waals surface area (Å²) in [5, 5.41) is 13.1. The average molecular weight is 291 g/mol. The van der Waals surface area contributed by atoms with Gasteiger partial charge in [0.05, 0.1) is 6.10 Å². The van der Waals surface area contributed by atoms with E-state index in [0.29, 0.717) is 23.8 Å². The van der Waals surface area contributed by atoms with Gasteiger partial charge in [0.2, 0.25) is 5.91 Å². The predicted molar refractivity (Wildman–Crippen MR) is 77.9 cm³/mol. The minimum absolute atomic E-state index is 0.0844. The van der Waals surface area contributed by atoms with Crippen LogP contribution in [0.25, 0.3) is 0 Å². The van der Waals surface area contributed by atoms with Crippen molar-refractivity contribution in [2.24, 2.45) is 17.8 Å². The fourth-order valence-electron chi connectivity index (χ4n) is 3.76. The lowest BCUT2D eigenvalue weighted by molar-refractivity contribution is -0.123. The zero-order valence-electron chi connectivity index (χ0n) is 12.3. The van der Waals surface area contributed by atoms with E-state index in [1.54, 1.807) is 12.1 Å². The fourth-order valence-corrected chi connectivity index (χ4v) is 3.76. The third kappa shape index (κ3) is 3.10. The predicted octanol–water partition coefficient (Wildman–Crippen LogP) is 2.80. The number of hydrogen-bond donors (Lipinski definition) is 2. The van der Waals surface area contributed by atoms with Gasteiger partial charge in [0, 0.05) is 12.0 Å². The number of carbonyl (C=O) groups is 1. The van der Waals surface area contributed by atoms with Gasteiger partial charge in [0.25, 0.3) is 0 Å². The molecule has 4 heteroatoms. The molecule has 1 amide bonds. The first-order valence-corrected chi connectivity index (χ1v) is 7.80. The Morgan fingerprint density at radius 2 is 1.95 bits per heavy atom. The minimum atomic E-state index is -0.681. The highest BCUT2D eigenvalue weighted by atomic mass is 19.1. The summed E-state index contributed by atoms with van der Waals surface area (Å²) >= 11 is 0. The van der Waals surface area contributed by atoms with E-state index in [1.165, 1.54) is 31.4 Å². The topological polar surface area (TPSA) is 49.3 Å². The van der Waals surface area contributed by atoms with Crippen molar-refractivity contribution in [3.8, 4) is 0 Å². The smallest absolute Gasteiger partial charge is 0.223 e. The number of fused-ring (bicyclic) bond motifs is 1. The summed E-state index contributed by atoms with van der Waals surface area (Å²) in [6, 6.07) is 5.76. The standard InChI is InChI=1S/C17H22FNO2/c1-10(9-15(20)11-5-7-12(18)8-6-11)19-17(21)16-13-3-2-4-14(13)16/h5-8,10,13-16,20H,2-4,9H2,1H3,(H,19,21). The van der Waals surface area contributed by atoms with Gasteiger partial charge in [0.15, 0.2) is 0 Å². The van der Waals surface area contributed by atoms with Gasteiger partial charge >= 0.3 is 0 Å². The molecule has 0 aliphatic heterocycles. The van der Waals surface area contributed by atoms with E-state index in [4.69, 9.17) is 0 Å². The van der Waals surface area contributed by atoms with E-state index in [0.717, 1.165) is 0 Å². The van der Waals surface area contributed by atoms with Crippen LogP contribution in [0.5, 0.6) is 0 Å². The van der Waals surface area contributed by atoms with Crippen LogP contribution in [0.2, 0.25) is 0 Å². The summed E-state index contributed by atoms with van der Waals surface area (Å²) in [4.78, 5) is 12.1. The van der Waals surface area contributed by atoms with Crippen molar-refractivity contribution < 1.29 is 14.3 Å². The second kappa shape index (κ2) is 5.76. The Bertz CT molecular complexity index is 506. The van der Waals surface area contributed by atoms with Crippen molar-refractivity contribution in [1.29, 1.82) is 0 Å². The monoisotopic (exact) mass is 291 g/mol. The first kappa shape index (κ1) is 14.5. The lowest BCUT2D eigenvalue weighted by atomic mass is 10.0.